The van der Waals surface area contributed by atoms with Crippen LogP contribution in [-0.2, 0) is 6.54 Å². The predicted molar refractivity (Wildman–Crippen MR) is 79.2 cm³/mol. The maximum absolute atomic E-state index is 11.1. The number of amides is 1. The Morgan fingerprint density at radius 2 is 2.21 bits per heavy atom. The summed E-state index contributed by atoms with van der Waals surface area (Å²) in [7, 11) is 0. The molecule has 0 aliphatic carbocycles. The minimum absolute atomic E-state index is 0.359. The van der Waals surface area contributed by atoms with Crippen molar-refractivity contribution in [1.82, 2.24) is 5.32 Å². The van der Waals surface area contributed by atoms with Crippen LogP contribution >= 0.6 is 11.3 Å². The second-order valence-electron chi connectivity index (χ2n) is 4.42. The van der Waals surface area contributed by atoms with Crippen LogP contribution in [0.3, 0.4) is 0 Å². The molecule has 1 aromatic heterocycles. The molecule has 3 nitrogen and oxygen atoms in total. The van der Waals surface area contributed by atoms with E-state index < -0.39 is 0 Å². The van der Waals surface area contributed by atoms with Crippen molar-refractivity contribution in [3.63, 3.8) is 0 Å². The van der Waals surface area contributed by atoms with Crippen LogP contribution in [0.25, 0.3) is 0 Å². The Kier molecular flexibility index (Phi) is 4.71. The van der Waals surface area contributed by atoms with Gasteiger partial charge in [-0.2, -0.15) is 0 Å². The zero-order chi connectivity index (χ0) is 13.7. The van der Waals surface area contributed by atoms with Crippen molar-refractivity contribution in [3.8, 4) is 0 Å². The Morgan fingerprint density at radius 1 is 1.37 bits per heavy atom. The third-order valence-corrected chi connectivity index (χ3v) is 4.04. The first-order chi connectivity index (χ1) is 9.20. The number of hydrogen-bond acceptors (Lipinski definition) is 3. The van der Waals surface area contributed by atoms with E-state index in [1.807, 2.05) is 18.2 Å². The van der Waals surface area contributed by atoms with Crippen molar-refractivity contribution in [3.05, 3.63) is 57.8 Å². The largest absolute Gasteiger partial charge is 0.366 e. The Morgan fingerprint density at radius 3 is 2.84 bits per heavy atom. The van der Waals surface area contributed by atoms with Crippen LogP contribution in [0, 0.1) is 0 Å². The van der Waals surface area contributed by atoms with Gasteiger partial charge in [0, 0.05) is 23.0 Å². The topological polar surface area (TPSA) is 55.1 Å². The molecule has 0 fully saturated rings. The molecule has 4 heteroatoms. The van der Waals surface area contributed by atoms with Gasteiger partial charge in [0.25, 0.3) is 0 Å². The summed E-state index contributed by atoms with van der Waals surface area (Å²) in [6.45, 7) is 2.90. The van der Waals surface area contributed by atoms with Gasteiger partial charge in [0.05, 0.1) is 0 Å². The second-order valence-corrected chi connectivity index (χ2v) is 5.40. The van der Waals surface area contributed by atoms with Crippen molar-refractivity contribution in [2.24, 2.45) is 5.73 Å². The van der Waals surface area contributed by atoms with Crippen molar-refractivity contribution in [2.75, 3.05) is 0 Å². The summed E-state index contributed by atoms with van der Waals surface area (Å²) < 4.78 is 0. The van der Waals surface area contributed by atoms with Gasteiger partial charge in [-0.05, 0) is 35.6 Å². The fourth-order valence-electron chi connectivity index (χ4n) is 2.01. The third-order valence-electron chi connectivity index (χ3n) is 3.06. The van der Waals surface area contributed by atoms with E-state index in [4.69, 9.17) is 5.73 Å². The first-order valence-corrected chi connectivity index (χ1v) is 7.24. The summed E-state index contributed by atoms with van der Waals surface area (Å²) in [4.78, 5) is 12.5. The molecule has 0 aliphatic heterocycles. The quantitative estimate of drug-likeness (QED) is 0.850. The second kappa shape index (κ2) is 6.50. The van der Waals surface area contributed by atoms with E-state index in [1.54, 1.807) is 17.4 Å². The van der Waals surface area contributed by atoms with Crippen LogP contribution in [0.2, 0.25) is 0 Å². The van der Waals surface area contributed by atoms with Crippen LogP contribution in [0.5, 0.6) is 0 Å². The fourth-order valence-corrected chi connectivity index (χ4v) is 2.90. The maximum Gasteiger partial charge on any atom is 0.248 e. The summed E-state index contributed by atoms with van der Waals surface area (Å²) in [5, 5.41) is 5.60. The normalized spacial score (nSPS) is 12.3. The van der Waals surface area contributed by atoms with Crippen molar-refractivity contribution < 1.29 is 4.79 Å². The number of carbonyl (C=O) groups is 1. The van der Waals surface area contributed by atoms with E-state index >= 15 is 0 Å². The lowest BCUT2D eigenvalue weighted by Crippen LogP contribution is -2.20. The summed E-state index contributed by atoms with van der Waals surface area (Å²) in [6.07, 6.45) is 1.04. The maximum atomic E-state index is 11.1. The predicted octanol–water partition coefficient (Wildman–Crippen LogP) is 3.09. The Bertz CT molecular complexity index is 537. The highest BCUT2D eigenvalue weighted by Gasteiger charge is 2.09. The number of thiophene rings is 1. The lowest BCUT2D eigenvalue weighted by molar-refractivity contribution is 0.1000. The van der Waals surface area contributed by atoms with E-state index in [0.29, 0.717) is 11.6 Å². The summed E-state index contributed by atoms with van der Waals surface area (Å²) >= 11 is 1.76. The minimum atomic E-state index is -0.382. The molecule has 3 N–H and O–H groups in total. The van der Waals surface area contributed by atoms with Crippen molar-refractivity contribution in [1.29, 1.82) is 0 Å². The first-order valence-electron chi connectivity index (χ1n) is 6.36. The molecule has 2 rings (SSSR count). The average molecular weight is 274 g/mol. The summed E-state index contributed by atoms with van der Waals surface area (Å²) in [6, 6.07) is 12.0. The molecule has 0 bridgehead atoms. The van der Waals surface area contributed by atoms with Gasteiger partial charge in [-0.25, -0.2) is 0 Å². The van der Waals surface area contributed by atoms with E-state index in [-0.39, 0.29) is 5.91 Å². The van der Waals surface area contributed by atoms with Gasteiger partial charge in [0.2, 0.25) is 5.91 Å². The number of nitrogens with one attached hydrogen (secondary N) is 1. The summed E-state index contributed by atoms with van der Waals surface area (Å²) in [5.74, 6) is -0.382. The van der Waals surface area contributed by atoms with Crippen LogP contribution in [0.15, 0.2) is 41.8 Å². The van der Waals surface area contributed by atoms with Gasteiger partial charge in [0.15, 0.2) is 0 Å². The highest BCUT2D eigenvalue weighted by molar-refractivity contribution is 7.10. The highest BCUT2D eigenvalue weighted by Crippen LogP contribution is 2.22. The molecular formula is C15H18N2OS. The molecule has 1 aromatic carbocycles. The zero-order valence-electron chi connectivity index (χ0n) is 10.9. The Hall–Kier alpha value is -1.65. The molecule has 1 heterocycles. The first kappa shape index (κ1) is 13.8. The number of nitrogens with two attached hydrogens (primary N) is 1. The Labute approximate surface area is 117 Å². The van der Waals surface area contributed by atoms with Crippen LogP contribution in [-0.4, -0.2) is 5.91 Å². The van der Waals surface area contributed by atoms with E-state index in [1.165, 1.54) is 4.88 Å². The molecule has 2 aromatic rings. The van der Waals surface area contributed by atoms with Gasteiger partial charge in [-0.1, -0.05) is 25.1 Å². The highest BCUT2D eigenvalue weighted by atomic mass is 32.1. The number of primary amides is 1. The lowest BCUT2D eigenvalue weighted by atomic mass is 10.1. The molecule has 0 saturated carbocycles. The van der Waals surface area contributed by atoms with Crippen LogP contribution in [0.4, 0.5) is 0 Å². The van der Waals surface area contributed by atoms with Crippen LogP contribution in [0.1, 0.15) is 40.2 Å². The molecule has 1 amide bonds. The monoisotopic (exact) mass is 274 g/mol. The SMILES string of the molecule is CCC(NCc1cccc(C(N)=O)c1)c1cccs1. The summed E-state index contributed by atoms with van der Waals surface area (Å²) in [5.41, 5.74) is 6.92. The molecule has 1 unspecified atom stereocenters. The number of hydrogen-bond donors (Lipinski definition) is 2. The number of carbonyl (C=O) groups excluding carboxylic acids is 1. The van der Waals surface area contributed by atoms with Crippen molar-refractivity contribution in [2.45, 2.75) is 25.9 Å². The molecule has 19 heavy (non-hydrogen) atoms. The van der Waals surface area contributed by atoms with E-state index in [2.05, 4.69) is 29.8 Å². The van der Waals surface area contributed by atoms with Crippen molar-refractivity contribution >= 4 is 17.2 Å². The van der Waals surface area contributed by atoms with Gasteiger partial charge >= 0.3 is 0 Å². The Balaban J connectivity index is 2.01. The molecule has 0 saturated heterocycles. The van der Waals surface area contributed by atoms with Gasteiger partial charge in [-0.3, -0.25) is 4.79 Å². The van der Waals surface area contributed by atoms with Gasteiger partial charge < -0.3 is 11.1 Å². The standard InChI is InChI=1S/C15H18N2OS/c1-2-13(14-7-4-8-19-14)17-10-11-5-3-6-12(9-11)15(16)18/h3-9,13,17H,2,10H2,1H3,(H2,16,18). The molecular weight excluding hydrogens is 256 g/mol. The molecule has 1 atom stereocenters. The zero-order valence-corrected chi connectivity index (χ0v) is 11.7. The van der Waals surface area contributed by atoms with E-state index in [9.17, 15) is 4.79 Å². The molecule has 0 radical (unpaired) electrons. The molecule has 0 aliphatic rings. The fraction of sp³-hybridized carbons (Fsp3) is 0.267. The number of benzene rings is 1. The van der Waals surface area contributed by atoms with E-state index in [0.717, 1.165) is 18.5 Å². The third kappa shape index (κ3) is 3.66. The van der Waals surface area contributed by atoms with Gasteiger partial charge in [0.1, 0.15) is 0 Å². The smallest absolute Gasteiger partial charge is 0.248 e. The van der Waals surface area contributed by atoms with Gasteiger partial charge in [-0.15, -0.1) is 11.3 Å². The average Bonchev–Trinajstić information content (AvgIpc) is 2.94. The van der Waals surface area contributed by atoms with Crippen LogP contribution < -0.4 is 11.1 Å². The minimum Gasteiger partial charge on any atom is -0.366 e. The molecule has 0 spiro atoms. The lowest BCUT2D eigenvalue weighted by Gasteiger charge is -2.15. The molecule has 100 valence electrons. The number of rotatable bonds is 6.